The Kier molecular flexibility index (Phi) is 4.14. The van der Waals surface area contributed by atoms with Crippen molar-refractivity contribution in [2.24, 2.45) is 5.41 Å². The second-order valence-electron chi connectivity index (χ2n) is 10.4. The molecule has 34 heavy (non-hydrogen) atoms. The highest BCUT2D eigenvalue weighted by Gasteiger charge is 2.80. The van der Waals surface area contributed by atoms with Crippen LogP contribution in [-0.4, -0.2) is 46.4 Å². The van der Waals surface area contributed by atoms with Crippen molar-refractivity contribution in [1.82, 2.24) is 9.88 Å². The monoisotopic (exact) mass is 452 g/mol. The maximum absolute atomic E-state index is 14.8. The van der Waals surface area contributed by atoms with Gasteiger partial charge in [0, 0.05) is 28.8 Å². The van der Waals surface area contributed by atoms with E-state index in [1.807, 2.05) is 56.1 Å². The lowest BCUT2D eigenvalue weighted by atomic mass is 9.48. The molecule has 6 rings (SSSR count). The standard InChI is InChI=1S/C29H28N2O3/c1-17-18(2)30-23-20(17)14-15-28(26(23)34)27(3,19-10-6-5-7-11-19)16-31(4)29(28)24(32)21-12-8-9-13-22(21)25(29)33/h5-13,30H,14-16H2,1-4H3/t27-,28?/m0/s1. The lowest BCUT2D eigenvalue weighted by Crippen LogP contribution is -2.67. The Balaban J connectivity index is 1.71. The van der Waals surface area contributed by atoms with Crippen molar-refractivity contribution >= 4 is 17.3 Å². The van der Waals surface area contributed by atoms with Gasteiger partial charge in [-0.2, -0.15) is 0 Å². The summed E-state index contributed by atoms with van der Waals surface area (Å²) >= 11 is 0. The number of Topliss-reactive ketones (excluding diaryl/α,β-unsaturated/α-hetero) is 3. The number of fused-ring (bicyclic) bond motifs is 3. The normalized spacial score (nSPS) is 27.6. The van der Waals surface area contributed by atoms with Gasteiger partial charge in [0.05, 0.1) is 11.1 Å². The Morgan fingerprint density at radius 1 is 0.853 bits per heavy atom. The van der Waals surface area contributed by atoms with Crippen LogP contribution in [0.1, 0.15) is 66.9 Å². The molecule has 1 aliphatic heterocycles. The van der Waals surface area contributed by atoms with Gasteiger partial charge in [0.2, 0.25) is 0 Å². The first-order chi connectivity index (χ1) is 16.2. The Hall–Kier alpha value is -3.31. The fourth-order valence-electron chi connectivity index (χ4n) is 7.49. The third-order valence-electron chi connectivity index (χ3n) is 9.16. The topological polar surface area (TPSA) is 70.2 Å². The van der Waals surface area contributed by atoms with Crippen LogP contribution in [0, 0.1) is 19.3 Å². The maximum Gasteiger partial charge on any atom is 0.192 e. The van der Waals surface area contributed by atoms with Gasteiger partial charge in [-0.3, -0.25) is 19.3 Å². The molecule has 0 saturated carbocycles. The molecule has 5 heteroatoms. The molecule has 2 heterocycles. The van der Waals surface area contributed by atoms with Gasteiger partial charge in [-0.05, 0) is 50.4 Å². The molecule has 3 aromatic rings. The van der Waals surface area contributed by atoms with E-state index in [1.165, 1.54) is 0 Å². The van der Waals surface area contributed by atoms with Crippen molar-refractivity contribution < 1.29 is 14.4 Å². The van der Waals surface area contributed by atoms with Gasteiger partial charge >= 0.3 is 0 Å². The van der Waals surface area contributed by atoms with Crippen LogP contribution in [0.5, 0.6) is 0 Å². The van der Waals surface area contributed by atoms with Gasteiger partial charge in [0.15, 0.2) is 22.9 Å². The van der Waals surface area contributed by atoms with Crippen molar-refractivity contribution in [3.05, 3.63) is 93.8 Å². The highest BCUT2D eigenvalue weighted by atomic mass is 16.2. The molecular formula is C29H28N2O3. The Morgan fingerprint density at radius 2 is 1.44 bits per heavy atom. The van der Waals surface area contributed by atoms with E-state index in [4.69, 9.17) is 0 Å². The first-order valence-corrected chi connectivity index (χ1v) is 11.9. The summed E-state index contributed by atoms with van der Waals surface area (Å²) in [5.41, 5.74) is 1.92. The summed E-state index contributed by atoms with van der Waals surface area (Å²) in [4.78, 5) is 48.7. The average Bonchev–Trinajstić information content (AvgIpc) is 3.34. The van der Waals surface area contributed by atoms with E-state index >= 15 is 0 Å². The number of aromatic amines is 1. The number of aromatic nitrogens is 1. The summed E-state index contributed by atoms with van der Waals surface area (Å²) < 4.78 is 0. The molecule has 2 aromatic carbocycles. The highest BCUT2D eigenvalue weighted by molar-refractivity contribution is 6.36. The van der Waals surface area contributed by atoms with Crippen molar-refractivity contribution in [2.45, 2.75) is 44.6 Å². The molecule has 1 fully saturated rings. The fraction of sp³-hybridized carbons (Fsp3) is 0.345. The molecule has 2 spiro atoms. The zero-order valence-electron chi connectivity index (χ0n) is 20.0. The third-order valence-corrected chi connectivity index (χ3v) is 9.16. The van der Waals surface area contributed by atoms with Gasteiger partial charge < -0.3 is 4.98 Å². The van der Waals surface area contributed by atoms with E-state index in [2.05, 4.69) is 11.9 Å². The highest BCUT2D eigenvalue weighted by Crippen LogP contribution is 2.65. The zero-order valence-corrected chi connectivity index (χ0v) is 20.0. The number of hydrogen-bond donors (Lipinski definition) is 1. The molecule has 0 amide bonds. The molecule has 1 N–H and O–H groups in total. The Labute approximate surface area is 199 Å². The molecule has 172 valence electrons. The first kappa shape index (κ1) is 21.2. The number of likely N-dealkylation sites (tertiary alicyclic amines) is 1. The van der Waals surface area contributed by atoms with Crippen LogP contribution >= 0.6 is 0 Å². The number of carbonyl (C=O) groups is 3. The van der Waals surface area contributed by atoms with E-state index in [1.54, 1.807) is 24.3 Å². The summed E-state index contributed by atoms with van der Waals surface area (Å²) in [5, 5.41) is 0. The van der Waals surface area contributed by atoms with Gasteiger partial charge in [0.1, 0.15) is 0 Å². The molecular weight excluding hydrogens is 424 g/mol. The lowest BCUT2D eigenvalue weighted by Gasteiger charge is -2.50. The SMILES string of the molecule is Cc1[nH]c2c(c1C)CCC1(C2=O)C2(C(=O)c3ccccc3C2=O)N(C)C[C@@]1(C)c1ccccc1. The number of hydrogen-bond acceptors (Lipinski definition) is 4. The summed E-state index contributed by atoms with van der Waals surface area (Å²) in [6.45, 7) is 6.51. The summed E-state index contributed by atoms with van der Waals surface area (Å²) in [7, 11) is 1.84. The molecule has 0 bridgehead atoms. The van der Waals surface area contributed by atoms with Crippen LogP contribution in [0.25, 0.3) is 0 Å². The zero-order chi connectivity index (χ0) is 24.0. The molecule has 1 saturated heterocycles. The molecule has 2 atom stereocenters. The quantitative estimate of drug-likeness (QED) is 0.553. The smallest absolute Gasteiger partial charge is 0.192 e. The summed E-state index contributed by atoms with van der Waals surface area (Å²) in [6.07, 6.45) is 1.09. The molecule has 3 aliphatic rings. The molecule has 1 aromatic heterocycles. The second-order valence-corrected chi connectivity index (χ2v) is 10.4. The molecule has 2 aliphatic carbocycles. The fourth-order valence-corrected chi connectivity index (χ4v) is 7.49. The summed E-state index contributed by atoms with van der Waals surface area (Å²) in [6, 6.07) is 17.0. The van der Waals surface area contributed by atoms with Crippen LogP contribution in [0.3, 0.4) is 0 Å². The van der Waals surface area contributed by atoms with Gasteiger partial charge in [-0.25, -0.2) is 0 Å². The largest absolute Gasteiger partial charge is 0.356 e. The van der Waals surface area contributed by atoms with E-state index in [9.17, 15) is 14.4 Å². The number of nitrogens with zero attached hydrogens (tertiary/aromatic N) is 1. The van der Waals surface area contributed by atoms with E-state index in [0.29, 0.717) is 36.2 Å². The third kappa shape index (κ3) is 2.09. The average molecular weight is 453 g/mol. The number of ketones is 3. The van der Waals surface area contributed by atoms with E-state index in [0.717, 1.165) is 22.4 Å². The number of nitrogens with one attached hydrogen (secondary N) is 1. The molecule has 5 nitrogen and oxygen atoms in total. The summed E-state index contributed by atoms with van der Waals surface area (Å²) in [5.74, 6) is -0.603. The van der Waals surface area contributed by atoms with Crippen LogP contribution in [-0.2, 0) is 11.8 Å². The van der Waals surface area contributed by atoms with Crippen molar-refractivity contribution in [2.75, 3.05) is 13.6 Å². The number of carbonyl (C=O) groups excluding carboxylic acids is 3. The van der Waals surface area contributed by atoms with Crippen LogP contribution in [0.4, 0.5) is 0 Å². The van der Waals surface area contributed by atoms with Crippen LogP contribution < -0.4 is 0 Å². The molecule has 0 radical (unpaired) electrons. The van der Waals surface area contributed by atoms with Crippen molar-refractivity contribution in [3.8, 4) is 0 Å². The van der Waals surface area contributed by atoms with E-state index in [-0.39, 0.29) is 17.3 Å². The number of rotatable bonds is 1. The number of likely N-dealkylation sites (N-methyl/N-ethyl adjacent to an activating group) is 1. The number of benzene rings is 2. The second kappa shape index (κ2) is 6.63. The number of aryl methyl sites for hydroxylation is 1. The van der Waals surface area contributed by atoms with Crippen molar-refractivity contribution in [3.63, 3.8) is 0 Å². The minimum atomic E-state index is -1.57. The van der Waals surface area contributed by atoms with Gasteiger partial charge in [-0.15, -0.1) is 0 Å². The van der Waals surface area contributed by atoms with Crippen LogP contribution in [0.2, 0.25) is 0 Å². The predicted molar refractivity (Wildman–Crippen MR) is 130 cm³/mol. The van der Waals surface area contributed by atoms with Gasteiger partial charge in [0.25, 0.3) is 0 Å². The van der Waals surface area contributed by atoms with Crippen LogP contribution in [0.15, 0.2) is 54.6 Å². The predicted octanol–water partition coefficient (Wildman–Crippen LogP) is 4.47. The first-order valence-electron chi connectivity index (χ1n) is 11.9. The Bertz CT molecular complexity index is 1370. The van der Waals surface area contributed by atoms with Crippen molar-refractivity contribution in [1.29, 1.82) is 0 Å². The van der Waals surface area contributed by atoms with E-state index < -0.39 is 16.4 Å². The van der Waals surface area contributed by atoms with Gasteiger partial charge in [-0.1, -0.05) is 61.5 Å². The minimum absolute atomic E-state index is 0.116. The Morgan fingerprint density at radius 3 is 2.06 bits per heavy atom. The lowest BCUT2D eigenvalue weighted by molar-refractivity contribution is 0.0211. The maximum atomic E-state index is 14.8. The molecule has 1 unspecified atom stereocenters. The minimum Gasteiger partial charge on any atom is -0.356 e. The number of H-pyrrole nitrogens is 1.